The third-order valence-electron chi connectivity index (χ3n) is 4.43. The predicted molar refractivity (Wildman–Crippen MR) is 74.4 cm³/mol. The summed E-state index contributed by atoms with van der Waals surface area (Å²) in [5, 5.41) is -0.927. The summed E-state index contributed by atoms with van der Waals surface area (Å²) in [6, 6.07) is 7.17. The number of esters is 1. The average molecular weight is 312 g/mol. The van der Waals surface area contributed by atoms with Crippen molar-refractivity contribution in [2.45, 2.75) is 23.6 Å². The quantitative estimate of drug-likeness (QED) is 0.614. The molecule has 0 aromatic heterocycles. The second-order valence-electron chi connectivity index (χ2n) is 5.27. The van der Waals surface area contributed by atoms with Gasteiger partial charge in [-0.2, -0.15) is 0 Å². The summed E-state index contributed by atoms with van der Waals surface area (Å²) in [6.45, 7) is 0. The highest BCUT2D eigenvalue weighted by atomic mass is 31.2. The number of carbonyl (C=O) groups excluding carboxylic acids is 1. The van der Waals surface area contributed by atoms with Gasteiger partial charge >= 0.3 is 13.6 Å². The fourth-order valence-electron chi connectivity index (χ4n) is 3.26. The highest BCUT2D eigenvalue weighted by Crippen LogP contribution is 2.84. The first kappa shape index (κ1) is 14.6. The Bertz CT molecular complexity index is 609. The molecule has 1 aromatic carbocycles. The molecule has 1 saturated heterocycles. The molecule has 0 N–H and O–H groups in total. The van der Waals surface area contributed by atoms with Crippen LogP contribution in [0.2, 0.25) is 0 Å². The smallest absolute Gasteiger partial charge is 0.344 e. The van der Waals surface area contributed by atoms with Crippen molar-refractivity contribution in [2.75, 3.05) is 21.3 Å². The number of benzene rings is 1. The Morgan fingerprint density at radius 3 is 2.14 bits per heavy atom. The first-order chi connectivity index (χ1) is 9.97. The van der Waals surface area contributed by atoms with Gasteiger partial charge in [0.2, 0.25) is 0 Å². The van der Waals surface area contributed by atoms with Gasteiger partial charge in [0, 0.05) is 20.6 Å². The Kier molecular flexibility index (Phi) is 3.17. The third kappa shape index (κ3) is 1.73. The van der Waals surface area contributed by atoms with Crippen molar-refractivity contribution >= 4 is 13.6 Å². The number of carbonyl (C=O) groups is 1. The minimum atomic E-state index is -3.45. The monoisotopic (exact) mass is 312 g/mol. The molecule has 114 valence electrons. The molecule has 21 heavy (non-hydrogen) atoms. The summed E-state index contributed by atoms with van der Waals surface area (Å²) >= 11 is 0. The molecule has 3 rings (SSSR count). The number of hydrogen-bond acceptors (Lipinski definition) is 6. The van der Waals surface area contributed by atoms with E-state index in [1.807, 2.05) is 12.1 Å². The fourth-order valence-corrected chi connectivity index (χ4v) is 5.57. The highest BCUT2D eigenvalue weighted by molar-refractivity contribution is 7.55. The van der Waals surface area contributed by atoms with E-state index in [1.165, 1.54) is 14.2 Å². The molecular weight excluding hydrogens is 295 g/mol. The van der Waals surface area contributed by atoms with E-state index in [4.69, 9.17) is 18.5 Å². The van der Waals surface area contributed by atoms with Crippen molar-refractivity contribution in [2.24, 2.45) is 0 Å². The molecule has 1 saturated carbocycles. The lowest BCUT2D eigenvalue weighted by atomic mass is 10.0. The van der Waals surface area contributed by atoms with Gasteiger partial charge in [0.1, 0.15) is 16.5 Å². The number of methoxy groups -OCH3 is 1. The van der Waals surface area contributed by atoms with Crippen LogP contribution in [0.1, 0.15) is 18.4 Å². The van der Waals surface area contributed by atoms with Crippen LogP contribution in [0, 0.1) is 0 Å². The summed E-state index contributed by atoms with van der Waals surface area (Å²) in [5.74, 6) is 0.406. The zero-order valence-corrected chi connectivity index (χ0v) is 13.0. The molecule has 0 radical (unpaired) electrons. The molecule has 2 aliphatic rings. The molecule has 2 fully saturated rings. The van der Waals surface area contributed by atoms with Crippen LogP contribution in [0.4, 0.5) is 0 Å². The lowest BCUT2D eigenvalue weighted by molar-refractivity contribution is -0.175. The Balaban J connectivity index is 2.06. The summed E-state index contributed by atoms with van der Waals surface area (Å²) in [7, 11) is 0.824. The van der Waals surface area contributed by atoms with Gasteiger partial charge in [-0.25, -0.2) is 0 Å². The summed E-state index contributed by atoms with van der Waals surface area (Å²) in [5.41, 5.74) is 0.00284. The summed E-state index contributed by atoms with van der Waals surface area (Å²) < 4.78 is 33.9. The van der Waals surface area contributed by atoms with Gasteiger partial charge < -0.3 is 18.5 Å². The Labute approximate surface area is 122 Å². The van der Waals surface area contributed by atoms with Crippen LogP contribution in [0.15, 0.2) is 24.3 Å². The molecule has 1 spiro atoms. The van der Waals surface area contributed by atoms with Crippen molar-refractivity contribution in [1.82, 2.24) is 0 Å². The van der Waals surface area contributed by atoms with Crippen LogP contribution < -0.4 is 4.74 Å². The number of hydrogen-bond donors (Lipinski definition) is 0. The van der Waals surface area contributed by atoms with Crippen LogP contribution in [-0.2, 0) is 28.3 Å². The number of ether oxygens (including phenoxy) is 2. The standard InChI is InChI=1S/C14H17O6P/c1-17-11-6-4-10(5-7-11)14(21(16,18-2)19-3)9-13(14)8-12(15)20-13/h4-7H,8-9H2,1-3H3/t13-,14+/m1/s1. The minimum absolute atomic E-state index is 0.232. The lowest BCUT2D eigenvalue weighted by Crippen LogP contribution is -2.42. The van der Waals surface area contributed by atoms with Gasteiger partial charge in [-0.3, -0.25) is 9.36 Å². The maximum atomic E-state index is 13.0. The van der Waals surface area contributed by atoms with Crippen molar-refractivity contribution in [3.05, 3.63) is 29.8 Å². The number of rotatable bonds is 5. The maximum Gasteiger partial charge on any atom is 0.344 e. The SMILES string of the molecule is COc1ccc([C@@]2(P(=O)(OC)OC)C[C@]23CC(=O)O3)cc1. The van der Waals surface area contributed by atoms with E-state index in [1.54, 1.807) is 19.2 Å². The van der Waals surface area contributed by atoms with Gasteiger partial charge in [-0.15, -0.1) is 0 Å². The van der Waals surface area contributed by atoms with Crippen LogP contribution in [0.3, 0.4) is 0 Å². The molecule has 1 aliphatic carbocycles. The topological polar surface area (TPSA) is 71.1 Å². The maximum absolute atomic E-state index is 13.0. The fraction of sp³-hybridized carbons (Fsp3) is 0.500. The molecular formula is C14H17O6P. The lowest BCUT2D eigenvalue weighted by Gasteiger charge is -2.35. The van der Waals surface area contributed by atoms with E-state index >= 15 is 0 Å². The van der Waals surface area contributed by atoms with Gasteiger partial charge in [0.05, 0.1) is 13.5 Å². The van der Waals surface area contributed by atoms with Crippen molar-refractivity contribution in [3.8, 4) is 5.75 Å². The van der Waals surface area contributed by atoms with Crippen LogP contribution in [-0.4, -0.2) is 32.9 Å². The van der Waals surface area contributed by atoms with E-state index in [-0.39, 0.29) is 12.4 Å². The first-order valence-corrected chi connectivity index (χ1v) is 8.09. The van der Waals surface area contributed by atoms with Crippen molar-refractivity contribution < 1.29 is 27.9 Å². The molecule has 1 aromatic rings. The van der Waals surface area contributed by atoms with Crippen molar-refractivity contribution in [1.29, 1.82) is 0 Å². The van der Waals surface area contributed by atoms with Crippen LogP contribution >= 0.6 is 7.60 Å². The van der Waals surface area contributed by atoms with Gasteiger partial charge in [0.15, 0.2) is 0 Å². The van der Waals surface area contributed by atoms with Gasteiger partial charge in [0.25, 0.3) is 0 Å². The largest absolute Gasteiger partial charge is 0.497 e. The average Bonchev–Trinajstić information content (AvgIpc) is 3.18. The van der Waals surface area contributed by atoms with E-state index in [0.29, 0.717) is 12.2 Å². The zero-order valence-electron chi connectivity index (χ0n) is 12.1. The van der Waals surface area contributed by atoms with E-state index in [9.17, 15) is 9.36 Å². The highest BCUT2D eigenvalue weighted by Gasteiger charge is 2.85. The molecule has 7 heteroatoms. The Hall–Kier alpha value is -1.36. The van der Waals surface area contributed by atoms with E-state index in [0.717, 1.165) is 5.56 Å². The first-order valence-electron chi connectivity index (χ1n) is 6.55. The normalized spacial score (nSPS) is 30.7. The summed E-state index contributed by atoms with van der Waals surface area (Å²) in [6.07, 6.45) is 0.673. The third-order valence-corrected chi connectivity index (χ3v) is 7.15. The van der Waals surface area contributed by atoms with Gasteiger partial charge in [-0.05, 0) is 17.7 Å². The molecule has 6 nitrogen and oxygen atoms in total. The molecule has 0 amide bonds. The molecule has 1 heterocycles. The summed E-state index contributed by atoms with van der Waals surface area (Å²) in [4.78, 5) is 11.3. The van der Waals surface area contributed by atoms with E-state index in [2.05, 4.69) is 0 Å². The zero-order chi connectivity index (χ0) is 15.3. The minimum Gasteiger partial charge on any atom is -0.497 e. The molecule has 0 unspecified atom stereocenters. The van der Waals surface area contributed by atoms with Crippen LogP contribution in [0.5, 0.6) is 5.75 Å². The molecule has 2 atom stereocenters. The second kappa shape index (κ2) is 4.57. The molecule has 1 aliphatic heterocycles. The Morgan fingerprint density at radius 1 is 1.14 bits per heavy atom. The Morgan fingerprint density at radius 2 is 1.71 bits per heavy atom. The molecule has 0 bridgehead atoms. The van der Waals surface area contributed by atoms with E-state index < -0.39 is 18.4 Å². The predicted octanol–water partition coefficient (Wildman–Crippen LogP) is 2.47. The second-order valence-corrected chi connectivity index (χ2v) is 7.76. The van der Waals surface area contributed by atoms with Crippen LogP contribution in [0.25, 0.3) is 0 Å². The van der Waals surface area contributed by atoms with Gasteiger partial charge in [-0.1, -0.05) is 12.1 Å². The van der Waals surface area contributed by atoms with Crippen molar-refractivity contribution in [3.63, 3.8) is 0 Å².